The number of hydrogen-bond donors (Lipinski definition) is 2. The molecule has 0 amide bonds. The molecule has 3 rings (SSSR count). The van der Waals surface area contributed by atoms with Crippen LogP contribution in [0, 0.1) is 11.6 Å². The molecule has 2 N–H and O–H groups in total. The maximum Gasteiger partial charge on any atom is 0.453 e. The van der Waals surface area contributed by atoms with E-state index in [1.165, 1.54) is 24.3 Å². The molecule has 0 radical (unpaired) electrons. The third-order valence-corrected chi connectivity index (χ3v) is 11.2. The van der Waals surface area contributed by atoms with Gasteiger partial charge in [0.05, 0.1) is 16.4 Å². The second-order valence-electron chi connectivity index (χ2n) is 11.6. The number of alkyl halides is 5. The summed E-state index contributed by atoms with van der Waals surface area (Å²) in [5.74, 6) is -7.47. The van der Waals surface area contributed by atoms with Crippen LogP contribution in [0.1, 0.15) is 74.5 Å². The van der Waals surface area contributed by atoms with Crippen LogP contribution in [0.4, 0.5) is 30.7 Å². The molecule has 0 fully saturated rings. The van der Waals surface area contributed by atoms with Crippen molar-refractivity contribution in [2.24, 2.45) is 0 Å². The van der Waals surface area contributed by atoms with Gasteiger partial charge in [0, 0.05) is 31.6 Å². The predicted molar refractivity (Wildman–Crippen MR) is 173 cm³/mol. The fourth-order valence-electron chi connectivity index (χ4n) is 5.58. The minimum absolute atomic E-state index is 0.175. The Labute approximate surface area is 277 Å². The monoisotopic (exact) mass is 713 g/mol. The molecule has 0 aliphatic heterocycles. The summed E-state index contributed by atoms with van der Waals surface area (Å²) in [5.41, 5.74) is 4.06. The molecule has 0 bridgehead atoms. The number of phenols is 2. The van der Waals surface area contributed by atoms with Gasteiger partial charge in [-0.15, -0.1) is 0 Å². The van der Waals surface area contributed by atoms with E-state index < -0.39 is 57.2 Å². The van der Waals surface area contributed by atoms with E-state index in [0.29, 0.717) is 67.3 Å². The zero-order valence-electron chi connectivity index (χ0n) is 26.3. The number of fused-ring (bicyclic) bond motifs is 1. The molecule has 0 saturated heterocycles. The van der Waals surface area contributed by atoms with Gasteiger partial charge >= 0.3 is 12.1 Å². The van der Waals surface area contributed by atoms with Crippen molar-refractivity contribution in [3.05, 3.63) is 58.7 Å². The molecule has 0 saturated carbocycles. The van der Waals surface area contributed by atoms with Crippen molar-refractivity contribution >= 4 is 31.8 Å². The summed E-state index contributed by atoms with van der Waals surface area (Å²) < 4.78 is 109. The van der Waals surface area contributed by atoms with Crippen LogP contribution >= 0.6 is 10.8 Å². The number of hydrogen-bond acceptors (Lipinski definition) is 6. The van der Waals surface area contributed by atoms with Gasteiger partial charge in [0.2, 0.25) is 0 Å². The smallest absolute Gasteiger partial charge is 0.453 e. The fraction of sp³-hybridized carbons (Fsp3) is 0.576. The molecule has 0 spiro atoms. The van der Waals surface area contributed by atoms with E-state index in [9.17, 15) is 45.2 Å². The van der Waals surface area contributed by atoms with Crippen molar-refractivity contribution in [3.8, 4) is 11.5 Å². The second-order valence-corrected chi connectivity index (χ2v) is 15.1. The Morgan fingerprint density at radius 2 is 1.60 bits per heavy atom. The molecule has 2 aromatic rings. The molecular weight excluding hydrogens is 671 g/mol. The highest BCUT2D eigenvalue weighted by atomic mass is 33.1. The van der Waals surface area contributed by atoms with Crippen molar-refractivity contribution in [1.29, 1.82) is 0 Å². The lowest BCUT2D eigenvalue weighted by Gasteiger charge is -2.22. The molecule has 14 heteroatoms. The lowest BCUT2D eigenvalue weighted by atomic mass is 9.88. The van der Waals surface area contributed by atoms with Crippen LogP contribution in [0.3, 0.4) is 0 Å². The first-order chi connectivity index (χ1) is 22.2. The largest absolute Gasteiger partial charge is 0.505 e. The van der Waals surface area contributed by atoms with Gasteiger partial charge in [-0.1, -0.05) is 29.7 Å². The van der Waals surface area contributed by atoms with E-state index in [1.807, 2.05) is 0 Å². The molecule has 0 aromatic heterocycles. The number of unbranched alkanes of at least 4 members (excludes halogenated alkanes) is 3. The van der Waals surface area contributed by atoms with Crippen LogP contribution in [0.25, 0.3) is 11.1 Å². The number of benzene rings is 2. The maximum absolute atomic E-state index is 14.5. The molecule has 1 aliphatic carbocycles. The van der Waals surface area contributed by atoms with Crippen LogP contribution in [0.5, 0.6) is 11.5 Å². The highest BCUT2D eigenvalue weighted by Crippen LogP contribution is 2.41. The van der Waals surface area contributed by atoms with Crippen LogP contribution in [0.2, 0.25) is 0 Å². The zero-order valence-corrected chi connectivity index (χ0v) is 28.0. The van der Waals surface area contributed by atoms with Crippen molar-refractivity contribution < 1.29 is 49.9 Å². The number of halogens is 7. The number of allylic oxidation sites excluding steroid dienone is 2. The zero-order chi connectivity index (χ0) is 34.6. The Kier molecular flexibility index (Phi) is 15.4. The number of rotatable bonds is 19. The van der Waals surface area contributed by atoms with Gasteiger partial charge in [-0.05, 0) is 110 Å². The molecule has 47 heavy (non-hydrogen) atoms. The Hall–Kier alpha value is -2.29. The van der Waals surface area contributed by atoms with Gasteiger partial charge in [-0.3, -0.25) is 0 Å². The summed E-state index contributed by atoms with van der Waals surface area (Å²) >= 11 is 0. The lowest BCUT2D eigenvalue weighted by molar-refractivity contribution is -0.282. The average Bonchev–Trinajstić information content (AvgIpc) is 3.17. The van der Waals surface area contributed by atoms with Gasteiger partial charge in [0.25, 0.3) is 0 Å². The van der Waals surface area contributed by atoms with E-state index in [0.717, 1.165) is 55.4 Å². The standard InChI is InChI=1S/C33H42F7NO4S2/c1-45-17-16-41(15-7-19-47(44)46-18-13-32(36,37)33(38,39)40)14-5-3-2-4-9-26-25(24-11-12-28(34)30(42)21-24)10-6-8-23-20-31(43)29(35)22-27(23)26/h11-12,20-22,42-43H,2-10,13-19H2,1H3. The van der Waals surface area contributed by atoms with Crippen LogP contribution < -0.4 is 0 Å². The lowest BCUT2D eigenvalue weighted by Crippen LogP contribution is -2.36. The Morgan fingerprint density at radius 1 is 0.894 bits per heavy atom. The van der Waals surface area contributed by atoms with E-state index in [1.54, 1.807) is 13.2 Å². The summed E-state index contributed by atoms with van der Waals surface area (Å²) in [4.78, 5) is 2.14. The van der Waals surface area contributed by atoms with Crippen LogP contribution in [-0.2, 0) is 21.0 Å². The fourth-order valence-corrected chi connectivity index (χ4v) is 8.11. The Morgan fingerprint density at radius 3 is 2.30 bits per heavy atom. The third-order valence-electron chi connectivity index (χ3n) is 8.12. The normalized spacial score (nSPS) is 14.8. The number of aromatic hydroxyl groups is 2. The molecular formula is C33H42F7NO4S2. The summed E-state index contributed by atoms with van der Waals surface area (Å²) in [6.07, 6.45) is -0.497. The van der Waals surface area contributed by atoms with Gasteiger partial charge in [0.15, 0.2) is 23.1 Å². The molecule has 264 valence electrons. The average molecular weight is 714 g/mol. The predicted octanol–water partition coefficient (Wildman–Crippen LogP) is 8.90. The highest BCUT2D eigenvalue weighted by molar-refractivity contribution is 8.69. The molecule has 5 nitrogen and oxygen atoms in total. The maximum atomic E-state index is 14.5. The topological polar surface area (TPSA) is 70.0 Å². The number of ether oxygens (including phenoxy) is 1. The van der Waals surface area contributed by atoms with Crippen molar-refractivity contribution in [2.45, 2.75) is 76.3 Å². The van der Waals surface area contributed by atoms with E-state index in [-0.39, 0.29) is 5.75 Å². The van der Waals surface area contributed by atoms with Crippen molar-refractivity contribution in [3.63, 3.8) is 0 Å². The molecule has 2 aromatic carbocycles. The summed E-state index contributed by atoms with van der Waals surface area (Å²) in [7, 11) is 0.616. The number of aryl methyl sites for hydroxylation is 1. The third kappa shape index (κ3) is 12.0. The number of phenolic OH excluding ortho intramolecular Hbond substituents is 2. The van der Waals surface area contributed by atoms with E-state index in [2.05, 4.69) is 4.90 Å². The minimum atomic E-state index is -5.61. The second kappa shape index (κ2) is 18.5. The van der Waals surface area contributed by atoms with Crippen molar-refractivity contribution in [1.82, 2.24) is 4.90 Å². The first-order valence-electron chi connectivity index (χ1n) is 15.6. The SMILES string of the molecule is COCCN(CCCCCCC1=C(c2ccc(F)c(O)c2)CCCc2cc(O)c(F)cc21)CCCS(=O)SCCC(F)(F)C(F)(F)F. The van der Waals surface area contributed by atoms with Gasteiger partial charge in [-0.2, -0.15) is 22.0 Å². The summed E-state index contributed by atoms with van der Waals surface area (Å²) in [6, 6.07) is 7.03. The van der Waals surface area contributed by atoms with E-state index >= 15 is 0 Å². The first-order valence-corrected chi connectivity index (χ1v) is 18.5. The van der Waals surface area contributed by atoms with Crippen LogP contribution in [0.15, 0.2) is 30.3 Å². The minimum Gasteiger partial charge on any atom is -0.505 e. The number of methoxy groups -OCH3 is 1. The van der Waals surface area contributed by atoms with Crippen molar-refractivity contribution in [2.75, 3.05) is 44.9 Å². The Balaban J connectivity index is 1.52. The summed E-state index contributed by atoms with van der Waals surface area (Å²) in [6.45, 7) is 2.41. The highest BCUT2D eigenvalue weighted by Gasteiger charge is 2.56. The Bertz CT molecular complexity index is 1370. The van der Waals surface area contributed by atoms with E-state index in [4.69, 9.17) is 4.74 Å². The van der Waals surface area contributed by atoms with Crippen LogP contribution in [-0.4, -0.2) is 76.3 Å². The quantitative estimate of drug-likeness (QED) is 0.0862. The summed E-state index contributed by atoms with van der Waals surface area (Å²) in [5, 5.41) is 20.0. The number of nitrogens with zero attached hydrogens (tertiary/aromatic N) is 1. The molecule has 1 aliphatic rings. The molecule has 1 unspecified atom stereocenters. The van der Waals surface area contributed by atoms with Gasteiger partial charge in [0.1, 0.15) is 0 Å². The molecule has 0 heterocycles. The van der Waals surface area contributed by atoms with Gasteiger partial charge in [-0.25, -0.2) is 13.0 Å². The molecule has 1 atom stereocenters. The first kappa shape index (κ1) is 39.2. The van der Waals surface area contributed by atoms with Gasteiger partial charge < -0.3 is 19.8 Å².